The second-order valence-corrected chi connectivity index (χ2v) is 7.18. The van der Waals surface area contributed by atoms with E-state index in [9.17, 15) is 14.4 Å². The molecule has 3 heterocycles. The van der Waals surface area contributed by atoms with Crippen LogP contribution in [-0.2, 0) is 17.8 Å². The highest BCUT2D eigenvalue weighted by molar-refractivity contribution is 7.20. The molecule has 0 radical (unpaired) electrons. The van der Waals surface area contributed by atoms with Crippen LogP contribution >= 0.6 is 22.7 Å². The van der Waals surface area contributed by atoms with Crippen molar-refractivity contribution in [1.82, 2.24) is 19.7 Å². The van der Waals surface area contributed by atoms with Gasteiger partial charge in [-0.15, -0.1) is 21.5 Å². The molecule has 0 bridgehead atoms. The fourth-order valence-corrected chi connectivity index (χ4v) is 3.91. The number of amides is 1. The number of fused-ring (bicyclic) bond motifs is 1. The van der Waals surface area contributed by atoms with Gasteiger partial charge in [-0.25, -0.2) is 9.78 Å². The lowest BCUT2D eigenvalue weighted by Gasteiger charge is -2.05. The molecular formula is C14H13N5O4S2. The molecule has 3 aromatic rings. The lowest BCUT2D eigenvalue weighted by atomic mass is 10.2. The Labute approximate surface area is 149 Å². The third-order valence-corrected chi connectivity index (χ3v) is 5.61. The van der Waals surface area contributed by atoms with Crippen molar-refractivity contribution in [2.75, 3.05) is 5.32 Å². The van der Waals surface area contributed by atoms with E-state index in [4.69, 9.17) is 5.11 Å². The molecule has 2 N–H and O–H groups in total. The first-order valence-electron chi connectivity index (χ1n) is 7.24. The quantitative estimate of drug-likeness (QED) is 0.688. The van der Waals surface area contributed by atoms with Crippen LogP contribution in [0.3, 0.4) is 0 Å². The van der Waals surface area contributed by atoms with Crippen LogP contribution in [0.2, 0.25) is 0 Å². The van der Waals surface area contributed by atoms with E-state index in [-0.39, 0.29) is 16.8 Å². The Morgan fingerprint density at radius 1 is 1.32 bits per heavy atom. The molecule has 9 nitrogen and oxygen atoms in total. The Bertz CT molecular complexity index is 1040. The van der Waals surface area contributed by atoms with Crippen molar-refractivity contribution in [3.8, 4) is 0 Å². The summed E-state index contributed by atoms with van der Waals surface area (Å²) in [6, 6.07) is 0. The Kier molecular flexibility index (Phi) is 4.59. The van der Waals surface area contributed by atoms with Crippen molar-refractivity contribution in [1.29, 1.82) is 0 Å². The predicted octanol–water partition coefficient (Wildman–Crippen LogP) is 1.52. The van der Waals surface area contributed by atoms with Crippen molar-refractivity contribution in [3.63, 3.8) is 0 Å². The lowest BCUT2D eigenvalue weighted by molar-refractivity contribution is -0.116. The third-order valence-electron chi connectivity index (χ3n) is 3.44. The number of aryl methyl sites for hydroxylation is 2. The van der Waals surface area contributed by atoms with Crippen molar-refractivity contribution < 1.29 is 14.7 Å². The van der Waals surface area contributed by atoms with Crippen LogP contribution in [0.5, 0.6) is 0 Å². The number of rotatable bonds is 5. The summed E-state index contributed by atoms with van der Waals surface area (Å²) in [6.45, 7) is 3.24. The standard InChI is InChI=1S/C14H13N5O4S2/c1-3-8-17-18-14(24-8)16-7(20)4-19-5-15-11-9(12(19)21)6(2)10(25-11)13(22)23/h5H,3-4H2,1-2H3,(H,22,23)(H,16,18,20). The smallest absolute Gasteiger partial charge is 0.346 e. The van der Waals surface area contributed by atoms with E-state index in [1.54, 1.807) is 6.92 Å². The van der Waals surface area contributed by atoms with Crippen LogP contribution in [0.1, 0.15) is 27.2 Å². The molecule has 0 saturated carbocycles. The second-order valence-electron chi connectivity index (χ2n) is 5.12. The van der Waals surface area contributed by atoms with Crippen molar-refractivity contribution in [3.05, 3.63) is 32.1 Å². The molecule has 0 aliphatic carbocycles. The molecule has 130 valence electrons. The number of nitrogens with one attached hydrogen (secondary N) is 1. The Morgan fingerprint density at radius 3 is 2.72 bits per heavy atom. The molecule has 0 aromatic carbocycles. The highest BCUT2D eigenvalue weighted by atomic mass is 32.1. The van der Waals surface area contributed by atoms with E-state index in [1.165, 1.54) is 17.7 Å². The van der Waals surface area contributed by atoms with E-state index >= 15 is 0 Å². The summed E-state index contributed by atoms with van der Waals surface area (Å²) >= 11 is 2.21. The summed E-state index contributed by atoms with van der Waals surface area (Å²) in [4.78, 5) is 40.4. The van der Waals surface area contributed by atoms with Gasteiger partial charge in [0.1, 0.15) is 21.3 Å². The van der Waals surface area contributed by atoms with E-state index < -0.39 is 17.4 Å². The summed E-state index contributed by atoms with van der Waals surface area (Å²) in [5, 5.41) is 20.9. The molecule has 3 aromatic heterocycles. The number of thiophene rings is 1. The highest BCUT2D eigenvalue weighted by Crippen LogP contribution is 2.26. The fraction of sp³-hybridized carbons (Fsp3) is 0.286. The first-order valence-corrected chi connectivity index (χ1v) is 8.88. The molecule has 1 amide bonds. The van der Waals surface area contributed by atoms with Gasteiger partial charge in [0.05, 0.1) is 11.7 Å². The van der Waals surface area contributed by atoms with Gasteiger partial charge >= 0.3 is 5.97 Å². The van der Waals surface area contributed by atoms with Gasteiger partial charge in [-0.3, -0.25) is 19.5 Å². The highest BCUT2D eigenvalue weighted by Gasteiger charge is 2.19. The zero-order chi connectivity index (χ0) is 18.1. The molecule has 25 heavy (non-hydrogen) atoms. The number of aromatic nitrogens is 4. The molecular weight excluding hydrogens is 366 g/mol. The minimum absolute atomic E-state index is 0.0720. The summed E-state index contributed by atoms with van der Waals surface area (Å²) in [5.74, 6) is -1.54. The monoisotopic (exact) mass is 379 g/mol. The van der Waals surface area contributed by atoms with Crippen molar-refractivity contribution in [2.24, 2.45) is 0 Å². The maximum atomic E-state index is 12.6. The van der Waals surface area contributed by atoms with Crippen molar-refractivity contribution >= 4 is 49.9 Å². The second kappa shape index (κ2) is 6.69. The first kappa shape index (κ1) is 17.2. The zero-order valence-corrected chi connectivity index (χ0v) is 14.9. The normalized spacial score (nSPS) is 11.0. The largest absolute Gasteiger partial charge is 0.477 e. The minimum Gasteiger partial charge on any atom is -0.477 e. The zero-order valence-electron chi connectivity index (χ0n) is 13.3. The minimum atomic E-state index is -1.10. The van der Waals surface area contributed by atoms with Crippen molar-refractivity contribution in [2.45, 2.75) is 26.8 Å². The van der Waals surface area contributed by atoms with Gasteiger partial charge in [-0.1, -0.05) is 18.3 Å². The van der Waals surface area contributed by atoms with Gasteiger partial charge in [-0.05, 0) is 18.9 Å². The first-order chi connectivity index (χ1) is 11.9. The molecule has 0 saturated heterocycles. The van der Waals surface area contributed by atoms with Crippen LogP contribution in [0, 0.1) is 6.92 Å². The number of hydrogen-bond donors (Lipinski definition) is 2. The molecule has 3 rings (SSSR count). The molecule has 0 unspecified atom stereocenters. The summed E-state index contributed by atoms with van der Waals surface area (Å²) < 4.78 is 1.14. The number of carboxylic acids is 1. The van der Waals surface area contributed by atoms with Crippen LogP contribution in [-0.4, -0.2) is 36.7 Å². The molecule has 0 fully saturated rings. The van der Waals surface area contributed by atoms with Crippen LogP contribution in [0.25, 0.3) is 10.2 Å². The molecule has 0 spiro atoms. The maximum absolute atomic E-state index is 12.6. The van der Waals surface area contributed by atoms with E-state index in [1.807, 2.05) is 6.92 Å². The number of carbonyl (C=O) groups is 2. The predicted molar refractivity (Wildman–Crippen MR) is 93.5 cm³/mol. The van der Waals surface area contributed by atoms with Gasteiger partial charge in [0.15, 0.2) is 0 Å². The molecule has 11 heteroatoms. The van der Waals surface area contributed by atoms with Crippen LogP contribution in [0.15, 0.2) is 11.1 Å². The number of hydrogen-bond acceptors (Lipinski definition) is 8. The summed E-state index contributed by atoms with van der Waals surface area (Å²) in [5.41, 5.74) is -0.0932. The fourth-order valence-electron chi connectivity index (χ4n) is 2.24. The van der Waals surface area contributed by atoms with Crippen LogP contribution < -0.4 is 10.9 Å². The van der Waals surface area contributed by atoms with E-state index in [0.29, 0.717) is 15.5 Å². The van der Waals surface area contributed by atoms with E-state index in [2.05, 4.69) is 20.5 Å². The molecule has 0 atom stereocenters. The average Bonchev–Trinajstić information content (AvgIpc) is 3.14. The van der Waals surface area contributed by atoms with Gasteiger partial charge < -0.3 is 5.11 Å². The lowest BCUT2D eigenvalue weighted by Crippen LogP contribution is -2.27. The topological polar surface area (TPSA) is 127 Å². The van der Waals surface area contributed by atoms with E-state index in [0.717, 1.165) is 27.3 Å². The summed E-state index contributed by atoms with van der Waals surface area (Å²) in [6.07, 6.45) is 1.96. The van der Waals surface area contributed by atoms with Gasteiger partial charge in [-0.2, -0.15) is 0 Å². The van der Waals surface area contributed by atoms with Gasteiger partial charge in [0.25, 0.3) is 5.56 Å². The maximum Gasteiger partial charge on any atom is 0.346 e. The molecule has 0 aliphatic rings. The Morgan fingerprint density at radius 2 is 2.08 bits per heavy atom. The number of carbonyl (C=O) groups excluding carboxylic acids is 1. The van der Waals surface area contributed by atoms with Gasteiger partial charge in [0.2, 0.25) is 11.0 Å². The third kappa shape index (κ3) is 3.28. The number of nitrogens with zero attached hydrogens (tertiary/aromatic N) is 4. The van der Waals surface area contributed by atoms with Crippen LogP contribution in [0.4, 0.5) is 5.13 Å². The summed E-state index contributed by atoms with van der Waals surface area (Å²) in [7, 11) is 0. The Balaban J connectivity index is 1.87. The average molecular weight is 379 g/mol. The number of aromatic carboxylic acids is 1. The number of carboxylic acid groups (broad SMARTS) is 1. The number of anilines is 1. The Hall–Kier alpha value is -2.66. The molecule has 0 aliphatic heterocycles. The SMILES string of the molecule is CCc1nnc(NC(=O)Cn2cnc3sc(C(=O)O)c(C)c3c2=O)s1. The van der Waals surface area contributed by atoms with Gasteiger partial charge in [0, 0.05) is 0 Å².